The third-order valence-corrected chi connectivity index (χ3v) is 12.9. The van der Waals surface area contributed by atoms with E-state index in [1.54, 1.807) is 6.08 Å². The fourth-order valence-corrected chi connectivity index (χ4v) is 8.71. The van der Waals surface area contributed by atoms with E-state index >= 15 is 0 Å². The zero-order valence-electron chi connectivity index (χ0n) is 40.3. The van der Waals surface area contributed by atoms with Crippen LogP contribution in [0.4, 0.5) is 0 Å². The Morgan fingerprint density at radius 1 is 0.765 bits per heavy atom. The molecular formula is C51H83O16P. The van der Waals surface area contributed by atoms with Gasteiger partial charge in [-0.3, -0.25) is 23.4 Å². The van der Waals surface area contributed by atoms with Gasteiger partial charge in [-0.15, -0.1) is 0 Å². The second-order valence-corrected chi connectivity index (χ2v) is 19.1. The van der Waals surface area contributed by atoms with Gasteiger partial charge in [0.2, 0.25) is 0 Å². The van der Waals surface area contributed by atoms with Crippen molar-refractivity contribution >= 4 is 25.5 Å². The molecule has 0 spiro atoms. The average molecular weight is 983 g/mol. The van der Waals surface area contributed by atoms with Crippen LogP contribution in [-0.2, 0) is 37.5 Å². The van der Waals surface area contributed by atoms with Crippen molar-refractivity contribution in [1.82, 2.24) is 0 Å². The van der Waals surface area contributed by atoms with E-state index in [-0.39, 0.29) is 25.7 Å². The summed E-state index contributed by atoms with van der Waals surface area (Å²) in [5.74, 6) is -5.15. The predicted octanol–water partition coefficient (Wildman–Crippen LogP) is 6.87. The number of unbranched alkanes of at least 4 members (excludes halogenated alkanes) is 8. The number of carbonyl (C=O) groups is 3. The maximum absolute atomic E-state index is 13.6. The molecule has 8 N–H and O–H groups in total. The summed E-state index contributed by atoms with van der Waals surface area (Å²) in [7, 11) is -5.47. The number of allylic oxidation sites excluding steroid dienone is 10. The predicted molar refractivity (Wildman–Crippen MR) is 259 cm³/mol. The minimum absolute atomic E-state index is 0.0159. The van der Waals surface area contributed by atoms with Gasteiger partial charge in [0.25, 0.3) is 0 Å². The van der Waals surface area contributed by atoms with E-state index in [9.17, 15) is 59.6 Å². The van der Waals surface area contributed by atoms with E-state index in [1.807, 2.05) is 6.92 Å². The minimum Gasteiger partial charge on any atom is -0.462 e. The molecule has 68 heavy (non-hydrogen) atoms. The van der Waals surface area contributed by atoms with Crippen molar-refractivity contribution < 1.29 is 78.1 Å². The van der Waals surface area contributed by atoms with Gasteiger partial charge in [0.05, 0.1) is 31.0 Å². The molecule has 388 valence electrons. The number of phosphoric ester groups is 1. The number of hydrogen-bond donors (Lipinski definition) is 8. The number of ether oxygens (including phenoxy) is 2. The Hall–Kier alpha value is -3.12. The van der Waals surface area contributed by atoms with Crippen molar-refractivity contribution in [3.63, 3.8) is 0 Å². The third-order valence-electron chi connectivity index (χ3n) is 11.9. The fraction of sp³-hybridized carbons (Fsp3) is 0.706. The number of Topliss-reactive ketones (excluding diaryl/α,β-unsaturated/α-hetero) is 1. The van der Waals surface area contributed by atoms with Crippen molar-refractivity contribution in [3.05, 3.63) is 72.9 Å². The van der Waals surface area contributed by atoms with Gasteiger partial charge < -0.3 is 50.1 Å². The van der Waals surface area contributed by atoms with Gasteiger partial charge in [-0.25, -0.2) is 4.57 Å². The van der Waals surface area contributed by atoms with E-state index < -0.39 is 112 Å². The molecule has 17 heteroatoms. The highest BCUT2D eigenvalue weighted by Crippen LogP contribution is 2.47. The molecule has 0 aromatic heterocycles. The lowest BCUT2D eigenvalue weighted by Crippen LogP contribution is -2.55. The summed E-state index contributed by atoms with van der Waals surface area (Å²) in [6.07, 6.45) is 17.5. The summed E-state index contributed by atoms with van der Waals surface area (Å²) in [6, 6.07) is 0. The van der Waals surface area contributed by atoms with Gasteiger partial charge in [-0.2, -0.15) is 0 Å². The molecule has 1 aliphatic carbocycles. The third kappa shape index (κ3) is 25.7. The van der Waals surface area contributed by atoms with Crippen LogP contribution in [-0.4, -0.2) is 127 Å². The molecule has 1 aliphatic heterocycles. The van der Waals surface area contributed by atoms with Crippen LogP contribution in [0.15, 0.2) is 72.9 Å². The zero-order valence-corrected chi connectivity index (χ0v) is 41.2. The summed E-state index contributed by atoms with van der Waals surface area (Å²) in [5, 5.41) is 78.6. The number of hydrogen-bond acceptors (Lipinski definition) is 15. The summed E-state index contributed by atoms with van der Waals surface area (Å²) < 4.78 is 34.7. The SMILES string of the molecule is CCCCC/C=C\C/C=C\C/C=C\C/C=C\CCCCCC(=O)O[C@@H]1COC(=O)CCC/C=C\C[C@H]2C(=O)C[C@@H](O)[C@H](/C=C/[C@@H](O)CCCCC)[C@@H](O)[C@@H](O)[C@@H](OP(=O)(O)OC1)[C@H](O)[C@@H](O)[C@@H]2O. The molecule has 2 rings (SSSR count). The van der Waals surface area contributed by atoms with Crippen LogP contribution >= 0.6 is 7.82 Å². The van der Waals surface area contributed by atoms with Gasteiger partial charge in [-0.1, -0.05) is 125 Å². The average Bonchev–Trinajstić information content (AvgIpc) is 3.31. The molecule has 2 aliphatic rings. The fourth-order valence-electron chi connectivity index (χ4n) is 7.74. The molecule has 0 aromatic rings. The smallest absolute Gasteiger partial charge is 0.462 e. The Balaban J connectivity index is 2.14. The maximum atomic E-state index is 13.6. The highest BCUT2D eigenvalue weighted by molar-refractivity contribution is 7.47. The number of phosphoric acid groups is 1. The lowest BCUT2D eigenvalue weighted by Gasteiger charge is -2.36. The number of carbonyl (C=O) groups excluding carboxylic acids is 3. The topological polar surface area (TPSA) is 267 Å². The molecular weight excluding hydrogens is 900 g/mol. The van der Waals surface area contributed by atoms with Gasteiger partial charge in [0, 0.05) is 31.1 Å². The first kappa shape index (κ1) is 61.0. The quantitative estimate of drug-likeness (QED) is 0.0225. The lowest BCUT2D eigenvalue weighted by molar-refractivity contribution is -0.166. The normalized spacial score (nSPS) is 31.0. The summed E-state index contributed by atoms with van der Waals surface area (Å²) in [5.41, 5.74) is 0. The van der Waals surface area contributed by atoms with E-state index in [1.165, 1.54) is 37.5 Å². The first-order valence-corrected chi connectivity index (χ1v) is 26.3. The Kier molecular flexibility index (Phi) is 32.2. The summed E-state index contributed by atoms with van der Waals surface area (Å²) in [4.78, 5) is 50.1. The number of fused-ring (bicyclic) bond motifs is 4. The van der Waals surface area contributed by atoms with E-state index in [4.69, 9.17) is 18.5 Å². The van der Waals surface area contributed by atoms with Crippen LogP contribution in [0.25, 0.3) is 0 Å². The highest BCUT2D eigenvalue weighted by Gasteiger charge is 2.49. The first-order valence-electron chi connectivity index (χ1n) is 24.8. The van der Waals surface area contributed by atoms with Gasteiger partial charge in [-0.05, 0) is 77.0 Å². The van der Waals surface area contributed by atoms with E-state index in [0.717, 1.165) is 51.4 Å². The lowest BCUT2D eigenvalue weighted by atomic mass is 9.84. The van der Waals surface area contributed by atoms with Crippen molar-refractivity contribution in [2.75, 3.05) is 13.2 Å². The van der Waals surface area contributed by atoms with E-state index in [2.05, 4.69) is 55.5 Å². The molecule has 1 unspecified atom stereocenters. The molecule has 1 saturated carbocycles. The molecule has 0 radical (unpaired) electrons. The molecule has 16 nitrogen and oxygen atoms in total. The number of cyclic esters (lactones) is 1. The monoisotopic (exact) mass is 983 g/mol. The first-order chi connectivity index (χ1) is 32.6. The molecule has 0 saturated heterocycles. The Morgan fingerprint density at radius 2 is 1.37 bits per heavy atom. The molecule has 1 fully saturated rings. The standard InChI is InChI=1S/C51H83O16P/c1-3-5-7-8-9-10-11-12-13-14-15-16-17-18-19-20-21-22-28-32-45(56)66-39-36-64-44(55)31-27-24-23-26-30-40-42(53)35-43(54)41(34-33-38(52)29-25-6-4-2)47(58)49(60)51(50(61)48(59)46(40)57)67-68(62,63)65-37-39/h9-10,12-13,15-16,18-19,23,26,33-34,38-41,43,46-52,54,57-61H,3-8,11,14,17,20-22,24-25,27-32,35-37H2,1-2H3,(H,62,63)/b10-9-,13-12-,16-15-,19-18-,26-23-,34-33+/t38-,39+,40-,41-,43+,46+,47+,48-,49+,50+,51+/m0/s1. The molecule has 1 heterocycles. The maximum Gasteiger partial charge on any atom is 0.472 e. The molecule has 12 atom stereocenters. The number of esters is 2. The minimum atomic E-state index is -5.47. The Labute approximate surface area is 404 Å². The van der Waals surface area contributed by atoms with Crippen molar-refractivity contribution in [2.45, 2.75) is 204 Å². The molecule has 0 aromatic carbocycles. The highest BCUT2D eigenvalue weighted by atomic mass is 31.2. The van der Waals surface area contributed by atoms with Crippen LogP contribution in [0, 0.1) is 11.8 Å². The van der Waals surface area contributed by atoms with Crippen molar-refractivity contribution in [1.29, 1.82) is 0 Å². The summed E-state index contributed by atoms with van der Waals surface area (Å²) in [6.45, 7) is 2.74. The van der Waals surface area contributed by atoms with Gasteiger partial charge >= 0.3 is 19.8 Å². The summed E-state index contributed by atoms with van der Waals surface area (Å²) >= 11 is 0. The van der Waals surface area contributed by atoms with Crippen LogP contribution in [0.3, 0.4) is 0 Å². The van der Waals surface area contributed by atoms with Crippen LogP contribution in [0.2, 0.25) is 0 Å². The van der Waals surface area contributed by atoms with Crippen LogP contribution in [0.5, 0.6) is 0 Å². The van der Waals surface area contributed by atoms with E-state index in [0.29, 0.717) is 32.1 Å². The Morgan fingerprint density at radius 3 is 2.01 bits per heavy atom. The molecule has 2 bridgehead atoms. The number of aliphatic hydroxyl groups excluding tert-OH is 7. The Bertz CT molecular complexity index is 1640. The number of rotatable bonds is 23. The zero-order chi connectivity index (χ0) is 50.2. The largest absolute Gasteiger partial charge is 0.472 e. The second-order valence-electron chi connectivity index (χ2n) is 17.7. The van der Waals surface area contributed by atoms with Crippen LogP contribution < -0.4 is 0 Å². The molecule has 0 amide bonds. The van der Waals surface area contributed by atoms with Crippen LogP contribution in [0.1, 0.15) is 149 Å². The van der Waals surface area contributed by atoms with Crippen molar-refractivity contribution in [3.8, 4) is 0 Å². The van der Waals surface area contributed by atoms with Gasteiger partial charge in [0.1, 0.15) is 36.8 Å². The second kappa shape index (κ2) is 35.9. The number of ketones is 1. The number of aliphatic hydroxyl groups is 7. The van der Waals surface area contributed by atoms with Gasteiger partial charge in [0.15, 0.2) is 6.10 Å². The van der Waals surface area contributed by atoms with Crippen molar-refractivity contribution in [2.24, 2.45) is 11.8 Å².